The van der Waals surface area contributed by atoms with Gasteiger partial charge in [0, 0.05) is 20.1 Å². The summed E-state index contributed by atoms with van der Waals surface area (Å²) in [5, 5.41) is 3.26. The summed E-state index contributed by atoms with van der Waals surface area (Å²) < 4.78 is 0. The van der Waals surface area contributed by atoms with E-state index in [-0.39, 0.29) is 18.4 Å². The number of hydrogen-bond acceptors (Lipinski definition) is 3. The smallest absolute Gasteiger partial charge is 0.243 e. The molecule has 96 valence electrons. The third-order valence-corrected chi connectivity index (χ3v) is 3.80. The van der Waals surface area contributed by atoms with Gasteiger partial charge in [-0.3, -0.25) is 9.59 Å². The Hall–Kier alpha value is -1.10. The molecule has 2 heterocycles. The number of nitrogens with zero attached hydrogens (tertiary/aromatic N) is 2. The molecule has 17 heavy (non-hydrogen) atoms. The van der Waals surface area contributed by atoms with E-state index in [9.17, 15) is 9.59 Å². The average molecular weight is 239 g/mol. The van der Waals surface area contributed by atoms with E-state index in [1.807, 2.05) is 6.92 Å². The highest BCUT2D eigenvalue weighted by Gasteiger charge is 2.39. The van der Waals surface area contributed by atoms with Crippen molar-refractivity contribution in [3.63, 3.8) is 0 Å². The highest BCUT2D eigenvalue weighted by atomic mass is 16.2. The molecular weight excluding hydrogens is 218 g/mol. The zero-order chi connectivity index (χ0) is 12.5. The first kappa shape index (κ1) is 12.4. The summed E-state index contributed by atoms with van der Waals surface area (Å²) in [4.78, 5) is 27.6. The quantitative estimate of drug-likeness (QED) is 0.690. The third kappa shape index (κ3) is 2.44. The number of carbonyl (C=O) groups is 2. The maximum atomic E-state index is 12.4. The number of carbonyl (C=O) groups excluding carboxylic acids is 2. The van der Waals surface area contributed by atoms with Gasteiger partial charge in [-0.05, 0) is 32.7 Å². The number of likely N-dealkylation sites (N-methyl/N-ethyl adjacent to an activating group) is 1. The fourth-order valence-electron chi connectivity index (χ4n) is 2.59. The standard InChI is InChI=1S/C12H21N3O2/c1-12(5-3-6-13-12)11(17)15-8-4-7-14(2)10(16)9-15/h13H,3-9H2,1-2H3. The van der Waals surface area contributed by atoms with E-state index in [0.29, 0.717) is 6.54 Å². The van der Waals surface area contributed by atoms with Crippen molar-refractivity contribution in [2.45, 2.75) is 31.7 Å². The van der Waals surface area contributed by atoms with Gasteiger partial charge in [-0.25, -0.2) is 0 Å². The van der Waals surface area contributed by atoms with Gasteiger partial charge in [0.2, 0.25) is 11.8 Å². The van der Waals surface area contributed by atoms with E-state index in [4.69, 9.17) is 0 Å². The van der Waals surface area contributed by atoms with E-state index in [1.54, 1.807) is 16.8 Å². The number of hydrogen-bond donors (Lipinski definition) is 1. The number of amides is 2. The Bertz CT molecular complexity index is 324. The Morgan fingerprint density at radius 2 is 2.12 bits per heavy atom. The third-order valence-electron chi connectivity index (χ3n) is 3.80. The zero-order valence-electron chi connectivity index (χ0n) is 10.7. The first-order valence-electron chi connectivity index (χ1n) is 6.31. The molecule has 5 nitrogen and oxygen atoms in total. The largest absolute Gasteiger partial charge is 0.344 e. The number of nitrogens with one attached hydrogen (secondary N) is 1. The maximum absolute atomic E-state index is 12.4. The second-order valence-corrected chi connectivity index (χ2v) is 5.26. The molecule has 2 fully saturated rings. The monoisotopic (exact) mass is 239 g/mol. The molecule has 1 N–H and O–H groups in total. The van der Waals surface area contributed by atoms with Gasteiger partial charge in [0.05, 0.1) is 12.1 Å². The summed E-state index contributed by atoms with van der Waals surface area (Å²) >= 11 is 0. The van der Waals surface area contributed by atoms with Crippen molar-refractivity contribution in [1.29, 1.82) is 0 Å². The SMILES string of the molecule is CN1CCCN(C(=O)C2(C)CCCN2)CC1=O. The summed E-state index contributed by atoms with van der Waals surface area (Å²) in [6, 6.07) is 0. The summed E-state index contributed by atoms with van der Waals surface area (Å²) in [5.41, 5.74) is -0.455. The van der Waals surface area contributed by atoms with Gasteiger partial charge in [-0.15, -0.1) is 0 Å². The molecule has 0 saturated carbocycles. The highest BCUT2D eigenvalue weighted by Crippen LogP contribution is 2.22. The van der Waals surface area contributed by atoms with E-state index in [1.165, 1.54) is 0 Å². The van der Waals surface area contributed by atoms with Crippen LogP contribution in [0.25, 0.3) is 0 Å². The lowest BCUT2D eigenvalue weighted by molar-refractivity contribution is -0.141. The van der Waals surface area contributed by atoms with Crippen LogP contribution >= 0.6 is 0 Å². The van der Waals surface area contributed by atoms with Crippen molar-refractivity contribution in [3.8, 4) is 0 Å². The van der Waals surface area contributed by atoms with Gasteiger partial charge in [0.1, 0.15) is 0 Å². The second kappa shape index (κ2) is 4.64. The first-order valence-corrected chi connectivity index (χ1v) is 6.31. The van der Waals surface area contributed by atoms with Gasteiger partial charge < -0.3 is 15.1 Å². The van der Waals surface area contributed by atoms with Crippen molar-refractivity contribution < 1.29 is 9.59 Å². The van der Waals surface area contributed by atoms with Gasteiger partial charge in [0.25, 0.3) is 0 Å². The van der Waals surface area contributed by atoms with E-state index >= 15 is 0 Å². The van der Waals surface area contributed by atoms with Crippen LogP contribution in [0, 0.1) is 0 Å². The fraction of sp³-hybridized carbons (Fsp3) is 0.833. The molecule has 2 aliphatic rings. The van der Waals surface area contributed by atoms with Crippen LogP contribution in [0.4, 0.5) is 0 Å². The molecular formula is C12H21N3O2. The Kier molecular flexibility index (Phi) is 3.38. The molecule has 5 heteroatoms. The van der Waals surface area contributed by atoms with Gasteiger partial charge in [0.15, 0.2) is 0 Å². The molecule has 2 amide bonds. The van der Waals surface area contributed by atoms with Crippen molar-refractivity contribution in [3.05, 3.63) is 0 Å². The van der Waals surface area contributed by atoms with Crippen LogP contribution in [0.15, 0.2) is 0 Å². The topological polar surface area (TPSA) is 52.6 Å². The molecule has 2 saturated heterocycles. The van der Waals surface area contributed by atoms with Crippen molar-refractivity contribution in [2.24, 2.45) is 0 Å². The predicted molar refractivity (Wildman–Crippen MR) is 64.5 cm³/mol. The minimum Gasteiger partial charge on any atom is -0.344 e. The van der Waals surface area contributed by atoms with Crippen LogP contribution in [-0.2, 0) is 9.59 Å². The van der Waals surface area contributed by atoms with Gasteiger partial charge in [-0.2, -0.15) is 0 Å². The Labute approximate surface area is 102 Å². The van der Waals surface area contributed by atoms with Crippen LogP contribution in [-0.4, -0.2) is 60.4 Å². The molecule has 0 aromatic heterocycles. The maximum Gasteiger partial charge on any atom is 0.243 e. The summed E-state index contributed by atoms with van der Waals surface area (Å²) in [6.07, 6.45) is 2.76. The van der Waals surface area contributed by atoms with Gasteiger partial charge in [-0.1, -0.05) is 0 Å². The average Bonchev–Trinajstić information content (AvgIpc) is 2.67. The Morgan fingerprint density at radius 1 is 1.35 bits per heavy atom. The minimum atomic E-state index is -0.455. The Morgan fingerprint density at radius 3 is 2.76 bits per heavy atom. The normalized spacial score (nSPS) is 30.6. The first-order chi connectivity index (χ1) is 8.03. The van der Waals surface area contributed by atoms with Crippen molar-refractivity contribution in [1.82, 2.24) is 15.1 Å². The minimum absolute atomic E-state index is 0.0393. The molecule has 2 rings (SSSR count). The van der Waals surface area contributed by atoms with Gasteiger partial charge >= 0.3 is 0 Å². The van der Waals surface area contributed by atoms with Crippen LogP contribution < -0.4 is 5.32 Å². The summed E-state index contributed by atoms with van der Waals surface area (Å²) in [7, 11) is 1.80. The van der Waals surface area contributed by atoms with Crippen molar-refractivity contribution >= 4 is 11.8 Å². The fourth-order valence-corrected chi connectivity index (χ4v) is 2.59. The molecule has 2 aliphatic heterocycles. The van der Waals surface area contributed by atoms with E-state index in [0.717, 1.165) is 32.4 Å². The molecule has 0 aliphatic carbocycles. The van der Waals surface area contributed by atoms with Crippen LogP contribution in [0.5, 0.6) is 0 Å². The second-order valence-electron chi connectivity index (χ2n) is 5.26. The lowest BCUT2D eigenvalue weighted by Gasteiger charge is -2.30. The van der Waals surface area contributed by atoms with Crippen molar-refractivity contribution in [2.75, 3.05) is 33.2 Å². The Balaban J connectivity index is 2.06. The molecule has 0 bridgehead atoms. The molecule has 0 spiro atoms. The highest BCUT2D eigenvalue weighted by molar-refractivity contribution is 5.90. The molecule has 0 aromatic rings. The molecule has 0 aromatic carbocycles. The molecule has 0 radical (unpaired) electrons. The van der Waals surface area contributed by atoms with E-state index in [2.05, 4.69) is 5.32 Å². The van der Waals surface area contributed by atoms with Crippen LogP contribution in [0.2, 0.25) is 0 Å². The predicted octanol–water partition coefficient (Wildman–Crippen LogP) is -0.181. The summed E-state index contributed by atoms with van der Waals surface area (Å²) in [5.74, 6) is 0.121. The molecule has 1 unspecified atom stereocenters. The summed E-state index contributed by atoms with van der Waals surface area (Å²) in [6.45, 7) is 4.50. The van der Waals surface area contributed by atoms with Crippen LogP contribution in [0.1, 0.15) is 26.2 Å². The number of rotatable bonds is 1. The van der Waals surface area contributed by atoms with E-state index < -0.39 is 5.54 Å². The lowest BCUT2D eigenvalue weighted by Crippen LogP contribution is -2.54. The zero-order valence-corrected chi connectivity index (χ0v) is 10.7. The lowest BCUT2D eigenvalue weighted by atomic mass is 9.98. The van der Waals surface area contributed by atoms with Crippen LogP contribution in [0.3, 0.4) is 0 Å². The molecule has 1 atom stereocenters.